The summed E-state index contributed by atoms with van der Waals surface area (Å²) in [5.74, 6) is -1.55. The summed E-state index contributed by atoms with van der Waals surface area (Å²) >= 11 is 0. The van der Waals surface area contributed by atoms with Crippen molar-refractivity contribution >= 4 is 19.9 Å². The molecule has 0 bridgehead atoms. The Morgan fingerprint density at radius 1 is 1.03 bits per heavy atom. The van der Waals surface area contributed by atoms with Crippen LogP contribution in [0, 0.1) is 0 Å². The van der Waals surface area contributed by atoms with Gasteiger partial charge in [0.25, 0.3) is 0 Å². The number of phosphoric acid groups is 1. The van der Waals surface area contributed by atoms with Crippen LogP contribution in [0.1, 0.15) is 17.0 Å². The van der Waals surface area contributed by atoms with E-state index in [-0.39, 0.29) is 19.1 Å². The van der Waals surface area contributed by atoms with Gasteiger partial charge in [0.15, 0.2) is 6.04 Å². The van der Waals surface area contributed by atoms with Gasteiger partial charge in [-0.05, 0) is 22.3 Å². The van der Waals surface area contributed by atoms with Gasteiger partial charge in [-0.1, -0.05) is 48.5 Å². The van der Waals surface area contributed by atoms with E-state index in [1.54, 1.807) is 0 Å². The third-order valence-electron chi connectivity index (χ3n) is 5.57. The minimum absolute atomic E-state index is 0.0256. The summed E-state index contributed by atoms with van der Waals surface area (Å²) in [5.41, 5.74) is 4.22. The summed E-state index contributed by atoms with van der Waals surface area (Å²) in [7, 11) is 2.94. The number of likely N-dealkylation sites (N-methyl/N-ethyl adjacent to an activating group) is 1. The number of alkyl carbamates (subject to hydrolysis) is 1. The van der Waals surface area contributed by atoms with Crippen molar-refractivity contribution in [2.45, 2.75) is 12.0 Å². The van der Waals surface area contributed by atoms with Crippen molar-refractivity contribution < 1.29 is 42.1 Å². The van der Waals surface area contributed by atoms with Crippen LogP contribution in [0.3, 0.4) is 0 Å². The van der Waals surface area contributed by atoms with E-state index in [9.17, 15) is 19.3 Å². The monoisotopic (exact) mass is 507 g/mol. The molecule has 0 aromatic heterocycles. The molecular weight excluding hydrogens is 475 g/mol. The van der Waals surface area contributed by atoms with Gasteiger partial charge in [0, 0.05) is 13.0 Å². The zero-order valence-electron chi connectivity index (χ0n) is 20.3. The molecule has 1 unspecified atom stereocenters. The topological polar surface area (TPSA) is 120 Å². The second-order valence-electron chi connectivity index (χ2n) is 9.13. The van der Waals surface area contributed by atoms with Gasteiger partial charge in [-0.25, -0.2) is 14.2 Å². The van der Waals surface area contributed by atoms with E-state index >= 15 is 0 Å². The van der Waals surface area contributed by atoms with Gasteiger partial charge in [-0.2, -0.15) is 0 Å². The maximum atomic E-state index is 12.6. The van der Waals surface area contributed by atoms with Gasteiger partial charge < -0.3 is 19.6 Å². The molecule has 190 valence electrons. The first kappa shape index (κ1) is 26.8. The number of carbonyl (C=O) groups is 2. The largest absolute Gasteiger partial charge is 0.480 e. The molecule has 2 aromatic rings. The first-order valence-electron chi connectivity index (χ1n) is 11.1. The first-order chi connectivity index (χ1) is 16.5. The Morgan fingerprint density at radius 3 is 2.11 bits per heavy atom. The molecule has 2 N–H and O–H groups in total. The smallest absolute Gasteiger partial charge is 0.474 e. The summed E-state index contributed by atoms with van der Waals surface area (Å²) < 4.78 is 33.8. The normalized spacial score (nSPS) is 15.5. The minimum atomic E-state index is -3.99. The number of aliphatic carboxylic acids is 1. The lowest BCUT2D eigenvalue weighted by Gasteiger charge is -2.25. The van der Waals surface area contributed by atoms with Gasteiger partial charge in [0.05, 0.1) is 27.7 Å². The summed E-state index contributed by atoms with van der Waals surface area (Å²) in [6.07, 6.45) is -0.930. The Hall–Kier alpha value is -2.75. The first-order valence-corrected chi connectivity index (χ1v) is 12.6. The van der Waals surface area contributed by atoms with Crippen molar-refractivity contribution in [1.29, 1.82) is 0 Å². The van der Waals surface area contributed by atoms with E-state index in [1.165, 1.54) is 0 Å². The molecule has 10 nitrogen and oxygen atoms in total. The Labute approximate surface area is 205 Å². The lowest BCUT2D eigenvalue weighted by Crippen LogP contribution is -2.44. The van der Waals surface area contributed by atoms with Gasteiger partial charge in [0.1, 0.15) is 19.8 Å². The van der Waals surface area contributed by atoms with Gasteiger partial charge in [-0.3, -0.25) is 13.6 Å². The molecule has 0 aliphatic heterocycles. The number of ether oxygens (including phenoxy) is 1. The van der Waals surface area contributed by atoms with Crippen molar-refractivity contribution in [3.8, 4) is 11.1 Å². The standard InChI is InChI=1S/C24H31N2O8P/c1-26(2,3)13-14-33-35(30,31-4)34-16-22(23(27)28)25-24(29)32-15-21-19-11-7-5-9-17(19)18-10-6-8-12-20(18)21/h5-12,21-22H,13-16H2,1-4H3,(H-,25,27,28,29)/p+1/t22-,35?/m0/s1. The Bertz CT molecular complexity index is 1060. The molecule has 35 heavy (non-hydrogen) atoms. The number of quaternary nitrogens is 1. The second kappa shape index (κ2) is 11.3. The molecule has 3 rings (SSSR count). The van der Waals surface area contributed by atoms with Crippen LogP contribution in [-0.2, 0) is 27.7 Å². The quantitative estimate of drug-likeness (QED) is 0.331. The molecule has 1 amide bonds. The SMILES string of the molecule is COP(=O)(OCC[N+](C)(C)C)OC[C@H](NC(=O)OCC1c2ccccc2-c2ccccc21)C(=O)O. The number of carbonyl (C=O) groups excluding carboxylic acids is 1. The molecular formula is C24H32N2O8P+. The highest BCUT2D eigenvalue weighted by molar-refractivity contribution is 7.48. The van der Waals surface area contributed by atoms with Crippen LogP contribution in [0.15, 0.2) is 48.5 Å². The number of rotatable bonds is 12. The maximum absolute atomic E-state index is 12.6. The molecule has 0 fully saturated rings. The third kappa shape index (κ3) is 7.13. The van der Waals surface area contributed by atoms with Crippen LogP contribution in [0.5, 0.6) is 0 Å². The fourth-order valence-electron chi connectivity index (χ4n) is 3.69. The molecule has 0 saturated heterocycles. The van der Waals surface area contributed by atoms with E-state index in [0.717, 1.165) is 29.4 Å². The third-order valence-corrected chi connectivity index (χ3v) is 6.98. The Balaban J connectivity index is 1.57. The summed E-state index contributed by atoms with van der Waals surface area (Å²) in [5, 5.41) is 11.7. The number of fused-ring (bicyclic) bond motifs is 3. The van der Waals surface area contributed by atoms with Crippen molar-refractivity contribution in [3.05, 3.63) is 59.7 Å². The lowest BCUT2D eigenvalue weighted by atomic mass is 9.98. The van der Waals surface area contributed by atoms with Gasteiger partial charge in [-0.15, -0.1) is 0 Å². The average Bonchev–Trinajstić information content (AvgIpc) is 3.13. The van der Waals surface area contributed by atoms with Gasteiger partial charge in [0.2, 0.25) is 0 Å². The predicted molar refractivity (Wildman–Crippen MR) is 129 cm³/mol. The highest BCUT2D eigenvalue weighted by Crippen LogP contribution is 2.48. The molecule has 0 radical (unpaired) electrons. The van der Waals surface area contributed by atoms with E-state index in [2.05, 4.69) is 5.32 Å². The molecule has 2 aromatic carbocycles. The summed E-state index contributed by atoms with van der Waals surface area (Å²) in [4.78, 5) is 24.1. The van der Waals surface area contributed by atoms with Crippen LogP contribution < -0.4 is 5.32 Å². The number of benzene rings is 2. The number of nitrogens with zero attached hydrogens (tertiary/aromatic N) is 1. The molecule has 0 heterocycles. The minimum Gasteiger partial charge on any atom is -0.480 e. The molecule has 0 saturated carbocycles. The van der Waals surface area contributed by atoms with Crippen molar-refractivity contribution in [2.24, 2.45) is 0 Å². The van der Waals surface area contributed by atoms with Crippen LogP contribution in [0.2, 0.25) is 0 Å². The van der Waals surface area contributed by atoms with Crippen molar-refractivity contribution in [1.82, 2.24) is 5.32 Å². The fourth-order valence-corrected chi connectivity index (χ4v) is 4.61. The number of carboxylic acids is 1. The number of phosphoric ester groups is 1. The van der Waals surface area contributed by atoms with Crippen LogP contribution in [-0.4, -0.2) is 82.3 Å². The number of hydrogen-bond donors (Lipinski definition) is 2. The van der Waals surface area contributed by atoms with Crippen LogP contribution in [0.4, 0.5) is 4.79 Å². The number of nitrogens with one attached hydrogen (secondary N) is 1. The fraction of sp³-hybridized carbons (Fsp3) is 0.417. The van der Waals surface area contributed by atoms with Crippen molar-refractivity contribution in [2.75, 3.05) is 54.6 Å². The van der Waals surface area contributed by atoms with Crippen LogP contribution in [0.25, 0.3) is 11.1 Å². The average molecular weight is 508 g/mol. The summed E-state index contributed by atoms with van der Waals surface area (Å²) in [6.45, 7) is -0.00393. The Morgan fingerprint density at radius 2 is 1.60 bits per heavy atom. The zero-order chi connectivity index (χ0) is 25.6. The molecule has 2 atom stereocenters. The van der Waals surface area contributed by atoms with E-state index < -0.39 is 32.5 Å². The number of carboxylic acid groups (broad SMARTS) is 1. The van der Waals surface area contributed by atoms with Crippen LogP contribution >= 0.6 is 7.82 Å². The highest BCUT2D eigenvalue weighted by Gasteiger charge is 2.32. The molecule has 0 spiro atoms. The molecule has 1 aliphatic carbocycles. The highest BCUT2D eigenvalue weighted by atomic mass is 31.2. The lowest BCUT2D eigenvalue weighted by molar-refractivity contribution is -0.870. The zero-order valence-corrected chi connectivity index (χ0v) is 21.2. The van der Waals surface area contributed by atoms with Gasteiger partial charge >= 0.3 is 19.9 Å². The second-order valence-corrected chi connectivity index (χ2v) is 10.9. The Kier molecular flexibility index (Phi) is 8.69. The maximum Gasteiger partial charge on any atom is 0.474 e. The van der Waals surface area contributed by atoms with E-state index in [4.69, 9.17) is 18.3 Å². The van der Waals surface area contributed by atoms with Crippen molar-refractivity contribution in [3.63, 3.8) is 0 Å². The molecule has 11 heteroatoms. The predicted octanol–water partition coefficient (Wildman–Crippen LogP) is 3.47. The summed E-state index contributed by atoms with van der Waals surface area (Å²) in [6, 6.07) is 14.2. The molecule has 1 aliphatic rings. The van der Waals surface area contributed by atoms with E-state index in [0.29, 0.717) is 11.0 Å². The number of amides is 1. The number of hydrogen-bond acceptors (Lipinski definition) is 7. The van der Waals surface area contributed by atoms with E-state index in [1.807, 2.05) is 69.7 Å².